The minimum absolute atomic E-state index is 0.296. The summed E-state index contributed by atoms with van der Waals surface area (Å²) < 4.78 is 29.1. The fourth-order valence-corrected chi connectivity index (χ4v) is 1.26. The van der Waals surface area contributed by atoms with E-state index in [0.717, 1.165) is 0 Å². The molecule has 0 aromatic rings. The first kappa shape index (κ1) is 14.0. The number of carbonyl (C=O) groups is 2. The molecule has 88 valence electrons. The minimum Gasteiger partial charge on any atom is -0.481 e. The van der Waals surface area contributed by atoms with Gasteiger partial charge in [0, 0.05) is 6.04 Å². The molecule has 0 aliphatic carbocycles. The van der Waals surface area contributed by atoms with E-state index in [9.17, 15) is 18.0 Å². The number of rotatable bonds is 7. The van der Waals surface area contributed by atoms with Crippen molar-refractivity contribution in [2.45, 2.75) is 18.5 Å². The smallest absolute Gasteiger partial charge is 0.305 e. The summed E-state index contributed by atoms with van der Waals surface area (Å²) in [6.07, 6.45) is -0.222. The van der Waals surface area contributed by atoms with Gasteiger partial charge in [0.15, 0.2) is 0 Å². The highest BCUT2D eigenvalue weighted by atomic mass is 32.2. The predicted molar refractivity (Wildman–Crippen MR) is 49.6 cm³/mol. The Morgan fingerprint density at radius 3 is 2.40 bits per heavy atom. The number of carbonyl (C=O) groups excluding carboxylic acids is 1. The van der Waals surface area contributed by atoms with E-state index < -0.39 is 40.5 Å². The zero-order valence-corrected chi connectivity index (χ0v) is 8.48. The zero-order valence-electron chi connectivity index (χ0n) is 7.66. The number of nitrogens with two attached hydrogens (primary N) is 1. The summed E-state index contributed by atoms with van der Waals surface area (Å²) in [4.78, 5) is 20.6. The summed E-state index contributed by atoms with van der Waals surface area (Å²) >= 11 is 0. The van der Waals surface area contributed by atoms with E-state index >= 15 is 0 Å². The molecule has 0 radical (unpaired) electrons. The molecule has 0 amide bonds. The van der Waals surface area contributed by atoms with Crippen LogP contribution in [-0.2, 0) is 19.7 Å². The summed E-state index contributed by atoms with van der Waals surface area (Å²) in [5, 5.41) is 10.6. The Morgan fingerprint density at radius 1 is 1.53 bits per heavy atom. The molecule has 0 saturated heterocycles. The second kappa shape index (κ2) is 5.75. The Labute approximate surface area is 86.2 Å². The quantitative estimate of drug-likeness (QED) is 0.289. The van der Waals surface area contributed by atoms with Crippen LogP contribution in [0.4, 0.5) is 0 Å². The van der Waals surface area contributed by atoms with Gasteiger partial charge in [-0.3, -0.25) is 14.7 Å². The molecule has 0 aromatic carbocycles. The van der Waals surface area contributed by atoms with Gasteiger partial charge >= 0.3 is 5.97 Å². The van der Waals surface area contributed by atoms with Gasteiger partial charge in [-0.15, -0.1) is 0 Å². The van der Waals surface area contributed by atoms with E-state index in [-0.39, 0.29) is 0 Å². The molecule has 0 aliphatic heterocycles. The molecular weight excluding hydrogens is 228 g/mol. The van der Waals surface area contributed by atoms with Gasteiger partial charge in [-0.2, -0.15) is 8.42 Å². The van der Waals surface area contributed by atoms with Crippen molar-refractivity contribution in [1.82, 2.24) is 5.32 Å². The van der Waals surface area contributed by atoms with Gasteiger partial charge in [0.25, 0.3) is 10.1 Å². The van der Waals surface area contributed by atoms with Crippen LogP contribution in [0.5, 0.6) is 0 Å². The molecule has 15 heavy (non-hydrogen) atoms. The molecule has 9 heteroatoms. The van der Waals surface area contributed by atoms with Gasteiger partial charge in [-0.1, -0.05) is 0 Å². The van der Waals surface area contributed by atoms with Crippen molar-refractivity contribution in [2.75, 3.05) is 5.88 Å². The topological polar surface area (TPSA) is 147 Å². The third-order valence-corrected chi connectivity index (χ3v) is 2.08. The maximum absolute atomic E-state index is 10.3. The van der Waals surface area contributed by atoms with Crippen molar-refractivity contribution in [3.63, 3.8) is 0 Å². The van der Waals surface area contributed by atoms with Crippen LogP contribution in [0.3, 0.4) is 0 Å². The van der Waals surface area contributed by atoms with Crippen molar-refractivity contribution in [2.24, 2.45) is 5.73 Å². The van der Waals surface area contributed by atoms with Crippen LogP contribution in [0.15, 0.2) is 0 Å². The fraction of sp³-hybridized carbons (Fsp3) is 0.667. The number of carboxylic acid groups (broad SMARTS) is 1. The molecule has 0 aliphatic rings. The van der Waals surface area contributed by atoms with Crippen molar-refractivity contribution in [1.29, 1.82) is 0 Å². The number of hydrogen-bond acceptors (Lipinski definition) is 6. The lowest BCUT2D eigenvalue weighted by atomic mass is 10.1. The van der Waals surface area contributed by atoms with Gasteiger partial charge in [0.1, 0.15) is 12.2 Å². The number of carboxylic acids is 1. The summed E-state index contributed by atoms with van der Waals surface area (Å²) in [5.41, 5.74) is 5.22. The average Bonchev–Trinajstić information content (AvgIpc) is 2.09. The van der Waals surface area contributed by atoms with E-state index in [0.29, 0.717) is 6.29 Å². The molecule has 0 heterocycles. The van der Waals surface area contributed by atoms with E-state index in [2.05, 4.69) is 5.32 Å². The summed E-state index contributed by atoms with van der Waals surface area (Å²) in [6.45, 7) is 0. The molecule has 0 bridgehead atoms. The van der Waals surface area contributed by atoms with Gasteiger partial charge in [-0.25, -0.2) is 0 Å². The third-order valence-electron chi connectivity index (χ3n) is 1.54. The first-order chi connectivity index (χ1) is 6.76. The van der Waals surface area contributed by atoms with E-state index in [1.807, 2.05) is 0 Å². The number of aldehydes is 1. The maximum Gasteiger partial charge on any atom is 0.305 e. The molecule has 0 spiro atoms. The molecule has 0 rings (SSSR count). The average molecular weight is 240 g/mol. The van der Waals surface area contributed by atoms with Gasteiger partial charge in [0.2, 0.25) is 0 Å². The highest BCUT2D eigenvalue weighted by Gasteiger charge is 2.21. The summed E-state index contributed by atoms with van der Waals surface area (Å²) in [6, 6.07) is -2.19. The Hall–Kier alpha value is -1.03. The first-order valence-corrected chi connectivity index (χ1v) is 5.48. The highest BCUT2D eigenvalue weighted by Crippen LogP contribution is 1.96. The van der Waals surface area contributed by atoms with Crippen LogP contribution in [-0.4, -0.2) is 48.3 Å². The van der Waals surface area contributed by atoms with Gasteiger partial charge in [0.05, 0.1) is 12.5 Å². The standard InChI is InChI=1S/C6H12N2O6S/c7-4(2-9)5(1-6(10)11)8-3-15(12,13)14/h2,4-5,8H,1,3,7H2,(H,10,11)(H,12,13,14)/t4-,5?/m0/s1. The number of aliphatic carboxylic acids is 1. The molecule has 2 atom stereocenters. The zero-order chi connectivity index (χ0) is 12.1. The van der Waals surface area contributed by atoms with Crippen molar-refractivity contribution >= 4 is 22.4 Å². The lowest BCUT2D eigenvalue weighted by molar-refractivity contribution is -0.137. The Balaban J connectivity index is 4.37. The monoisotopic (exact) mass is 240 g/mol. The second-order valence-corrected chi connectivity index (χ2v) is 4.30. The van der Waals surface area contributed by atoms with Crippen molar-refractivity contribution in [3.8, 4) is 0 Å². The van der Waals surface area contributed by atoms with Crippen LogP contribution in [0, 0.1) is 0 Å². The molecule has 0 saturated carbocycles. The van der Waals surface area contributed by atoms with E-state index in [1.165, 1.54) is 0 Å². The van der Waals surface area contributed by atoms with E-state index in [4.69, 9.17) is 15.4 Å². The molecule has 5 N–H and O–H groups in total. The van der Waals surface area contributed by atoms with E-state index in [1.54, 1.807) is 0 Å². The second-order valence-electron chi connectivity index (χ2n) is 2.85. The number of nitrogens with one attached hydrogen (secondary N) is 1. The third kappa shape index (κ3) is 6.96. The molecule has 0 fully saturated rings. The fourth-order valence-electron chi connectivity index (χ4n) is 0.840. The first-order valence-electron chi connectivity index (χ1n) is 3.87. The summed E-state index contributed by atoms with van der Waals surface area (Å²) in [7, 11) is -4.27. The molecular formula is C6H12N2O6S. The Morgan fingerprint density at radius 2 is 2.07 bits per heavy atom. The molecule has 0 aromatic heterocycles. The van der Waals surface area contributed by atoms with Crippen LogP contribution in [0.1, 0.15) is 6.42 Å². The predicted octanol–water partition coefficient (Wildman–Crippen LogP) is -2.21. The largest absolute Gasteiger partial charge is 0.481 e. The minimum atomic E-state index is -4.27. The van der Waals surface area contributed by atoms with Crippen LogP contribution < -0.4 is 11.1 Å². The van der Waals surface area contributed by atoms with Gasteiger partial charge < -0.3 is 15.6 Å². The Bertz CT molecular complexity index is 327. The highest BCUT2D eigenvalue weighted by molar-refractivity contribution is 7.85. The van der Waals surface area contributed by atoms with Gasteiger partial charge in [-0.05, 0) is 0 Å². The normalized spacial score (nSPS) is 15.6. The molecule has 8 nitrogen and oxygen atoms in total. The summed E-state index contributed by atoms with van der Waals surface area (Å²) in [5.74, 6) is -2.09. The van der Waals surface area contributed by atoms with Crippen LogP contribution in [0.25, 0.3) is 0 Å². The Kier molecular flexibility index (Phi) is 5.36. The maximum atomic E-state index is 10.3. The van der Waals surface area contributed by atoms with Crippen LogP contribution in [0.2, 0.25) is 0 Å². The van der Waals surface area contributed by atoms with Crippen LogP contribution >= 0.6 is 0 Å². The van der Waals surface area contributed by atoms with Crippen molar-refractivity contribution < 1.29 is 27.7 Å². The van der Waals surface area contributed by atoms with Crippen molar-refractivity contribution in [3.05, 3.63) is 0 Å². The number of hydrogen-bond donors (Lipinski definition) is 4. The lowest BCUT2D eigenvalue weighted by Gasteiger charge is -2.18. The molecule has 1 unspecified atom stereocenters. The SMILES string of the molecule is N[C@@H](C=O)C(CC(=O)O)NCS(=O)(=O)O. The lowest BCUT2D eigenvalue weighted by Crippen LogP contribution is -2.48.